The highest BCUT2D eigenvalue weighted by Gasteiger charge is 2.24. The first-order valence-electron chi connectivity index (χ1n) is 11.5. The van der Waals surface area contributed by atoms with Crippen molar-refractivity contribution in [2.75, 3.05) is 63.2 Å². The van der Waals surface area contributed by atoms with Crippen LogP contribution in [0, 0.1) is 5.92 Å². The lowest BCUT2D eigenvalue weighted by molar-refractivity contribution is 0.122. The Hall–Kier alpha value is -2.85. The van der Waals surface area contributed by atoms with Crippen LogP contribution in [0.3, 0.4) is 0 Å². The average molecular weight is 458 g/mol. The van der Waals surface area contributed by atoms with Crippen molar-refractivity contribution < 1.29 is 13.5 Å². The van der Waals surface area contributed by atoms with E-state index < -0.39 is 6.43 Å². The highest BCUT2D eigenvalue weighted by molar-refractivity contribution is 5.78. The lowest BCUT2D eigenvalue weighted by Crippen LogP contribution is -2.37. The molecule has 4 heterocycles. The van der Waals surface area contributed by atoms with E-state index in [1.165, 1.54) is 4.57 Å². The number of piperidine rings is 1. The van der Waals surface area contributed by atoms with Gasteiger partial charge in [-0.15, -0.1) is 0 Å². The number of likely N-dealkylation sites (tertiary alicyclic amines) is 1. The molecule has 0 atom stereocenters. The van der Waals surface area contributed by atoms with Crippen molar-refractivity contribution in [3.63, 3.8) is 0 Å². The molecule has 10 heteroatoms. The number of fused-ring (bicyclic) bond motifs is 1. The van der Waals surface area contributed by atoms with Gasteiger partial charge in [-0.25, -0.2) is 13.8 Å². The van der Waals surface area contributed by atoms with Gasteiger partial charge < -0.3 is 19.9 Å². The van der Waals surface area contributed by atoms with E-state index >= 15 is 0 Å². The van der Waals surface area contributed by atoms with Crippen molar-refractivity contribution in [2.24, 2.45) is 5.92 Å². The summed E-state index contributed by atoms with van der Waals surface area (Å²) in [6.45, 7) is 5.50. The van der Waals surface area contributed by atoms with Crippen LogP contribution in [0.5, 0.6) is 0 Å². The monoisotopic (exact) mass is 457 g/mol. The number of rotatable bonds is 6. The smallest absolute Gasteiger partial charge is 0.296 e. The Kier molecular flexibility index (Phi) is 6.37. The van der Waals surface area contributed by atoms with Crippen molar-refractivity contribution in [1.82, 2.24) is 24.4 Å². The van der Waals surface area contributed by atoms with Gasteiger partial charge in [-0.1, -0.05) is 12.1 Å². The van der Waals surface area contributed by atoms with Crippen LogP contribution in [0.2, 0.25) is 0 Å². The molecular formula is C23H29F2N7O. The fourth-order valence-electron chi connectivity index (χ4n) is 4.50. The van der Waals surface area contributed by atoms with Crippen LogP contribution in [-0.4, -0.2) is 77.4 Å². The van der Waals surface area contributed by atoms with Gasteiger partial charge in [-0.3, -0.25) is 4.57 Å². The maximum atomic E-state index is 14.0. The third-order valence-corrected chi connectivity index (χ3v) is 6.43. The first-order chi connectivity index (χ1) is 16.1. The molecule has 2 aliphatic rings. The van der Waals surface area contributed by atoms with Crippen LogP contribution in [0.1, 0.15) is 25.1 Å². The zero-order valence-electron chi connectivity index (χ0n) is 18.8. The SMILES string of the molecule is CN1CCC(CNc2nc(N3CCOCC3)cc(-n3c(C(F)F)nc4ccccc43)n2)CC1. The number of para-hydroxylation sites is 2. The number of hydrogen-bond donors (Lipinski definition) is 1. The van der Waals surface area contributed by atoms with Gasteiger partial charge in [0.15, 0.2) is 5.82 Å². The largest absolute Gasteiger partial charge is 0.378 e. The number of nitrogens with one attached hydrogen (secondary N) is 1. The van der Waals surface area contributed by atoms with Gasteiger partial charge in [0.05, 0.1) is 24.2 Å². The molecule has 1 N–H and O–H groups in total. The second-order valence-electron chi connectivity index (χ2n) is 8.73. The summed E-state index contributed by atoms with van der Waals surface area (Å²) >= 11 is 0. The van der Waals surface area contributed by atoms with Gasteiger partial charge in [-0.2, -0.15) is 9.97 Å². The molecule has 0 amide bonds. The van der Waals surface area contributed by atoms with Gasteiger partial charge in [0.2, 0.25) is 5.95 Å². The minimum Gasteiger partial charge on any atom is -0.378 e. The minimum absolute atomic E-state index is 0.316. The van der Waals surface area contributed by atoms with Crippen LogP contribution >= 0.6 is 0 Å². The molecular weight excluding hydrogens is 428 g/mol. The summed E-state index contributed by atoms with van der Waals surface area (Å²) in [6.07, 6.45) is -0.502. The molecule has 0 unspecified atom stereocenters. The first kappa shape index (κ1) is 22.0. The molecule has 0 saturated carbocycles. The molecule has 2 saturated heterocycles. The molecule has 2 aromatic heterocycles. The zero-order chi connectivity index (χ0) is 22.8. The number of alkyl halides is 2. The first-order valence-corrected chi connectivity index (χ1v) is 11.5. The standard InChI is InChI=1S/C23H29F2N7O/c1-30-8-6-16(7-9-30)15-26-23-28-19(31-10-12-33-13-11-31)14-20(29-23)32-18-5-3-2-4-17(18)27-22(32)21(24)25/h2-5,14,16,21H,6-13,15H2,1H3,(H,26,28,29). The fraction of sp³-hybridized carbons (Fsp3) is 0.522. The molecule has 2 fully saturated rings. The van der Waals surface area contributed by atoms with Crippen LogP contribution in [-0.2, 0) is 4.74 Å². The van der Waals surface area contributed by atoms with Gasteiger partial charge in [0, 0.05) is 25.7 Å². The summed E-state index contributed by atoms with van der Waals surface area (Å²) < 4.78 is 34.8. The summed E-state index contributed by atoms with van der Waals surface area (Å²) in [5.41, 5.74) is 1.11. The third-order valence-electron chi connectivity index (χ3n) is 6.43. The number of nitrogens with zero attached hydrogens (tertiary/aromatic N) is 6. The summed E-state index contributed by atoms with van der Waals surface area (Å²) in [5, 5.41) is 3.39. The van der Waals surface area contributed by atoms with Crippen molar-refractivity contribution in [2.45, 2.75) is 19.3 Å². The number of anilines is 2. The molecule has 0 aliphatic carbocycles. The third kappa shape index (κ3) is 4.77. The van der Waals surface area contributed by atoms with Crippen LogP contribution in [0.25, 0.3) is 16.9 Å². The van der Waals surface area contributed by atoms with Gasteiger partial charge >= 0.3 is 0 Å². The Morgan fingerprint density at radius 2 is 1.76 bits per heavy atom. The summed E-state index contributed by atoms with van der Waals surface area (Å²) in [4.78, 5) is 18.0. The number of imidazole rings is 1. The molecule has 0 bridgehead atoms. The van der Waals surface area contributed by atoms with Crippen molar-refractivity contribution in [3.05, 3.63) is 36.2 Å². The topological polar surface area (TPSA) is 71.3 Å². The zero-order valence-corrected chi connectivity index (χ0v) is 18.8. The lowest BCUT2D eigenvalue weighted by atomic mass is 9.97. The number of hydrogen-bond acceptors (Lipinski definition) is 7. The van der Waals surface area contributed by atoms with Gasteiger partial charge in [0.1, 0.15) is 11.6 Å². The Balaban J connectivity index is 1.52. The number of aromatic nitrogens is 4. The summed E-state index contributed by atoms with van der Waals surface area (Å²) in [6, 6.07) is 8.91. The minimum atomic E-state index is -2.73. The van der Waals surface area contributed by atoms with E-state index in [1.807, 2.05) is 6.07 Å². The number of ether oxygens (including phenoxy) is 1. The molecule has 2 aliphatic heterocycles. The second-order valence-corrected chi connectivity index (χ2v) is 8.73. The number of halogens is 2. The maximum Gasteiger partial charge on any atom is 0.296 e. The number of benzene rings is 1. The van der Waals surface area contributed by atoms with E-state index in [1.54, 1.807) is 24.3 Å². The maximum absolute atomic E-state index is 14.0. The summed E-state index contributed by atoms with van der Waals surface area (Å²) in [7, 11) is 2.14. The molecule has 176 valence electrons. The Labute approximate surface area is 191 Å². The highest BCUT2D eigenvalue weighted by atomic mass is 19.3. The normalized spacial score (nSPS) is 18.4. The molecule has 0 spiro atoms. The van der Waals surface area contributed by atoms with Crippen LogP contribution < -0.4 is 10.2 Å². The molecule has 3 aromatic rings. The van der Waals surface area contributed by atoms with Gasteiger partial charge in [0.25, 0.3) is 6.43 Å². The van der Waals surface area contributed by atoms with E-state index in [0.717, 1.165) is 32.5 Å². The van der Waals surface area contributed by atoms with E-state index in [4.69, 9.17) is 9.72 Å². The Morgan fingerprint density at radius 3 is 2.52 bits per heavy atom. The molecule has 0 radical (unpaired) electrons. The van der Waals surface area contributed by atoms with Crippen molar-refractivity contribution in [3.8, 4) is 5.82 Å². The van der Waals surface area contributed by atoms with E-state index in [-0.39, 0.29) is 5.82 Å². The highest BCUT2D eigenvalue weighted by Crippen LogP contribution is 2.29. The van der Waals surface area contributed by atoms with Crippen LogP contribution in [0.15, 0.2) is 30.3 Å². The van der Waals surface area contributed by atoms with E-state index in [2.05, 4.69) is 32.1 Å². The predicted molar refractivity (Wildman–Crippen MR) is 123 cm³/mol. The molecule has 5 rings (SSSR count). The van der Waals surface area contributed by atoms with E-state index in [9.17, 15) is 8.78 Å². The second kappa shape index (κ2) is 9.56. The van der Waals surface area contributed by atoms with Gasteiger partial charge in [-0.05, 0) is 51.0 Å². The summed E-state index contributed by atoms with van der Waals surface area (Å²) in [5.74, 6) is 1.76. The fourth-order valence-corrected chi connectivity index (χ4v) is 4.50. The average Bonchev–Trinajstić information content (AvgIpc) is 3.24. The Bertz CT molecular complexity index is 1090. The molecule has 1 aromatic carbocycles. The van der Waals surface area contributed by atoms with Crippen LogP contribution in [0.4, 0.5) is 20.5 Å². The molecule has 33 heavy (non-hydrogen) atoms. The van der Waals surface area contributed by atoms with E-state index in [0.29, 0.717) is 60.8 Å². The van der Waals surface area contributed by atoms with Crippen molar-refractivity contribution >= 4 is 22.8 Å². The number of morpholine rings is 1. The Morgan fingerprint density at radius 1 is 1.03 bits per heavy atom. The lowest BCUT2D eigenvalue weighted by Gasteiger charge is -2.30. The van der Waals surface area contributed by atoms with Crippen molar-refractivity contribution in [1.29, 1.82) is 0 Å². The predicted octanol–water partition coefficient (Wildman–Crippen LogP) is 3.34. The quantitative estimate of drug-likeness (QED) is 0.609. The molecule has 8 nitrogen and oxygen atoms in total.